The van der Waals surface area contributed by atoms with E-state index in [1.165, 1.54) is 7.11 Å². The summed E-state index contributed by atoms with van der Waals surface area (Å²) in [6.07, 6.45) is 1.48. The summed E-state index contributed by atoms with van der Waals surface area (Å²) in [5.74, 6) is -0.681. The Bertz CT molecular complexity index is 736. The Morgan fingerprint density at radius 1 is 1.44 bits per heavy atom. The zero-order valence-corrected chi connectivity index (χ0v) is 15.1. The summed E-state index contributed by atoms with van der Waals surface area (Å²) in [7, 11) is 3.25. The molecule has 4 atom stereocenters. The van der Waals surface area contributed by atoms with Crippen molar-refractivity contribution < 1.29 is 19.0 Å². The molecule has 25 heavy (non-hydrogen) atoms. The fourth-order valence-corrected chi connectivity index (χ4v) is 4.08. The minimum absolute atomic E-state index is 0.0740. The predicted octanol–water partition coefficient (Wildman–Crippen LogP) is 1.84. The van der Waals surface area contributed by atoms with Crippen molar-refractivity contribution >= 4 is 11.8 Å². The van der Waals surface area contributed by atoms with Crippen molar-refractivity contribution in [2.45, 2.75) is 57.3 Å². The second-order valence-electron chi connectivity index (χ2n) is 6.95. The molecule has 136 valence electrons. The van der Waals surface area contributed by atoms with Crippen LogP contribution >= 0.6 is 0 Å². The van der Waals surface area contributed by atoms with Crippen LogP contribution in [0.1, 0.15) is 44.5 Å². The maximum absolute atomic E-state index is 12.0. The first kappa shape index (κ1) is 17.7. The second-order valence-corrected chi connectivity index (χ2v) is 6.95. The molecule has 0 amide bonds. The number of aromatic nitrogens is 1. The number of ether oxygens (including phenoxy) is 3. The van der Waals surface area contributed by atoms with Crippen LogP contribution in [0.5, 0.6) is 0 Å². The van der Waals surface area contributed by atoms with Crippen LogP contribution in [0.25, 0.3) is 0 Å². The van der Waals surface area contributed by atoms with Gasteiger partial charge in [-0.05, 0) is 27.3 Å². The third-order valence-corrected chi connectivity index (χ3v) is 5.11. The molecule has 8 nitrogen and oxygen atoms in total. The number of carbonyl (C=O) groups is 1. The number of likely N-dealkylation sites (N-methyl/N-ethyl adjacent to an activating group) is 1. The molecule has 2 saturated heterocycles. The first-order chi connectivity index (χ1) is 11.8. The zero-order chi connectivity index (χ0) is 18.5. The smallest absolute Gasteiger partial charge is 0.418 e. The average Bonchev–Trinajstić information content (AvgIpc) is 3.12. The molecule has 2 aliphatic rings. The summed E-state index contributed by atoms with van der Waals surface area (Å²) in [4.78, 5) is 14.1. The molecule has 0 radical (unpaired) electrons. The molecular weight excluding hydrogens is 324 g/mol. The van der Waals surface area contributed by atoms with Gasteiger partial charge >= 0.3 is 6.09 Å². The van der Waals surface area contributed by atoms with Crippen LogP contribution in [0.15, 0.2) is 6.20 Å². The molecule has 2 fully saturated rings. The number of nitrogens with two attached hydrogens (primary N) is 1. The lowest BCUT2D eigenvalue weighted by Gasteiger charge is -2.30. The fourth-order valence-electron chi connectivity index (χ4n) is 4.08. The monoisotopic (exact) mass is 348 g/mol. The number of fused-ring (bicyclic) bond motifs is 1. The van der Waals surface area contributed by atoms with Crippen LogP contribution in [0.3, 0.4) is 0 Å². The first-order valence-corrected chi connectivity index (χ1v) is 8.32. The molecule has 0 bridgehead atoms. The third-order valence-electron chi connectivity index (χ3n) is 5.11. The number of hydrogen-bond donors (Lipinski definition) is 1. The van der Waals surface area contributed by atoms with E-state index in [1.54, 1.807) is 6.20 Å². The summed E-state index contributed by atoms with van der Waals surface area (Å²) >= 11 is 0. The maximum atomic E-state index is 12.0. The molecule has 1 aromatic heterocycles. The number of methoxy groups -OCH3 is 1. The van der Waals surface area contributed by atoms with Crippen LogP contribution in [-0.4, -0.2) is 53.8 Å². The van der Waals surface area contributed by atoms with Gasteiger partial charge in [0.05, 0.1) is 18.8 Å². The van der Waals surface area contributed by atoms with Crippen molar-refractivity contribution in [3.8, 4) is 6.07 Å². The van der Waals surface area contributed by atoms with Crippen molar-refractivity contribution in [3.05, 3.63) is 17.5 Å². The Labute approximate surface area is 147 Å². The average molecular weight is 348 g/mol. The molecule has 1 aromatic rings. The predicted molar refractivity (Wildman–Crippen MR) is 89.8 cm³/mol. The maximum Gasteiger partial charge on any atom is 0.418 e. The van der Waals surface area contributed by atoms with E-state index >= 15 is 0 Å². The van der Waals surface area contributed by atoms with E-state index in [2.05, 4.69) is 11.8 Å². The molecule has 3 heterocycles. The summed E-state index contributed by atoms with van der Waals surface area (Å²) < 4.78 is 18.1. The number of nitriles is 1. The van der Waals surface area contributed by atoms with E-state index < -0.39 is 11.9 Å². The number of likely N-dealkylation sites (tertiary alicyclic amines) is 1. The Morgan fingerprint density at radius 3 is 2.64 bits per heavy atom. The lowest BCUT2D eigenvalue weighted by Crippen LogP contribution is -2.36. The molecule has 2 aliphatic heterocycles. The molecule has 4 unspecified atom stereocenters. The fraction of sp³-hybridized carbons (Fsp3) is 0.647. The van der Waals surface area contributed by atoms with Crippen molar-refractivity contribution in [3.63, 3.8) is 0 Å². The van der Waals surface area contributed by atoms with Crippen LogP contribution < -0.4 is 5.73 Å². The number of carbonyl (C=O) groups excluding carboxylic acids is 1. The van der Waals surface area contributed by atoms with Crippen molar-refractivity contribution in [1.82, 2.24) is 9.47 Å². The van der Waals surface area contributed by atoms with Crippen LogP contribution in [-0.2, 0) is 14.2 Å². The number of nitrogens with zero attached hydrogens (tertiary/aromatic N) is 3. The highest BCUT2D eigenvalue weighted by Gasteiger charge is 2.57. The molecule has 2 N–H and O–H groups in total. The SMILES string of the molecule is CCC1C2OC(C)(C)OC2C(c2cn(C(=O)OC)c(C#N)c2N)N1C. The van der Waals surface area contributed by atoms with Gasteiger partial charge in [0, 0.05) is 17.8 Å². The molecule has 0 spiro atoms. The van der Waals surface area contributed by atoms with E-state index in [9.17, 15) is 10.1 Å². The van der Waals surface area contributed by atoms with Gasteiger partial charge < -0.3 is 19.9 Å². The Morgan fingerprint density at radius 2 is 2.08 bits per heavy atom. The minimum atomic E-state index is -0.681. The minimum Gasteiger partial charge on any atom is -0.452 e. The van der Waals surface area contributed by atoms with Gasteiger partial charge in [0.2, 0.25) is 0 Å². The largest absolute Gasteiger partial charge is 0.452 e. The summed E-state index contributed by atoms with van der Waals surface area (Å²) in [6, 6.07) is 1.93. The second kappa shape index (κ2) is 6.02. The summed E-state index contributed by atoms with van der Waals surface area (Å²) in [5.41, 5.74) is 7.24. The van der Waals surface area contributed by atoms with Gasteiger partial charge in [0.15, 0.2) is 11.5 Å². The number of hydrogen-bond acceptors (Lipinski definition) is 7. The molecule has 0 saturated carbocycles. The normalized spacial score (nSPS) is 30.9. The Kier molecular flexibility index (Phi) is 4.27. The zero-order valence-electron chi connectivity index (χ0n) is 15.1. The molecular formula is C17H24N4O4. The lowest BCUT2D eigenvalue weighted by molar-refractivity contribution is -0.166. The van der Waals surface area contributed by atoms with Crippen LogP contribution in [0, 0.1) is 11.3 Å². The van der Waals surface area contributed by atoms with Crippen molar-refractivity contribution in [1.29, 1.82) is 5.26 Å². The topological polar surface area (TPSA) is 103 Å². The van der Waals surface area contributed by atoms with Crippen LogP contribution in [0.4, 0.5) is 10.5 Å². The van der Waals surface area contributed by atoms with E-state index in [0.29, 0.717) is 5.56 Å². The Balaban J connectivity index is 2.08. The summed E-state index contributed by atoms with van der Waals surface area (Å²) in [6.45, 7) is 5.87. The molecule has 0 aromatic carbocycles. The van der Waals surface area contributed by atoms with E-state index in [4.69, 9.17) is 19.9 Å². The number of anilines is 1. The standard InChI is InChI=1S/C17H24N4O4/c1-6-10-14-15(25-17(2,3)24-14)13(20(10)4)9-8-21(16(22)23-5)11(7-18)12(9)19/h8,10,13-15H,6,19H2,1-5H3. The van der Waals surface area contributed by atoms with Gasteiger partial charge in [-0.3, -0.25) is 4.90 Å². The quantitative estimate of drug-likeness (QED) is 0.870. The highest BCUT2D eigenvalue weighted by atomic mass is 16.8. The van der Waals surface area contributed by atoms with Gasteiger partial charge in [0.25, 0.3) is 0 Å². The highest BCUT2D eigenvalue weighted by Crippen LogP contribution is 2.48. The van der Waals surface area contributed by atoms with Crippen LogP contribution in [0.2, 0.25) is 0 Å². The van der Waals surface area contributed by atoms with Gasteiger partial charge in [0.1, 0.15) is 18.3 Å². The highest BCUT2D eigenvalue weighted by molar-refractivity contribution is 5.77. The molecule has 3 rings (SSSR count). The van der Waals surface area contributed by atoms with Gasteiger partial charge in [-0.25, -0.2) is 9.36 Å². The van der Waals surface area contributed by atoms with Crippen molar-refractivity contribution in [2.75, 3.05) is 19.9 Å². The van der Waals surface area contributed by atoms with E-state index in [1.807, 2.05) is 27.0 Å². The first-order valence-electron chi connectivity index (χ1n) is 8.32. The van der Waals surface area contributed by atoms with E-state index in [-0.39, 0.29) is 35.7 Å². The van der Waals surface area contributed by atoms with Gasteiger partial charge in [-0.1, -0.05) is 6.92 Å². The summed E-state index contributed by atoms with van der Waals surface area (Å²) in [5, 5.41) is 9.41. The number of nitrogen functional groups attached to an aromatic ring is 1. The van der Waals surface area contributed by atoms with Gasteiger partial charge in [-0.15, -0.1) is 0 Å². The Hall–Kier alpha value is -2.08. The van der Waals surface area contributed by atoms with Gasteiger partial charge in [-0.2, -0.15) is 5.26 Å². The third kappa shape index (κ3) is 2.59. The van der Waals surface area contributed by atoms with Crippen molar-refractivity contribution in [2.24, 2.45) is 0 Å². The lowest BCUT2D eigenvalue weighted by atomic mass is 10.0. The molecule has 8 heteroatoms. The number of rotatable bonds is 2. The van der Waals surface area contributed by atoms with E-state index in [0.717, 1.165) is 11.0 Å². The molecule has 0 aliphatic carbocycles.